The van der Waals surface area contributed by atoms with Gasteiger partial charge in [0.25, 0.3) is 0 Å². The normalized spacial score (nSPS) is 26.2. The highest BCUT2D eigenvalue weighted by Gasteiger charge is 2.47. The van der Waals surface area contributed by atoms with Gasteiger partial charge in [0, 0.05) is 132 Å². The zero-order chi connectivity index (χ0) is 87.3. The maximum Gasteiger partial charge on any atom is 0.416 e. The molecule has 6 aliphatic heterocycles. The van der Waals surface area contributed by atoms with E-state index in [1.165, 1.54) is 174 Å². The summed E-state index contributed by atoms with van der Waals surface area (Å²) in [5, 5.41) is 6.67. The molecular weight excluding hydrogens is 1740 g/mol. The number of nitrogens with zero attached hydrogens (tertiary/aromatic N) is 6. The van der Waals surface area contributed by atoms with Crippen molar-refractivity contribution < 1.29 is 65.4 Å². The number of rotatable bonds is 26. The molecule has 6 aromatic carbocycles. The van der Waals surface area contributed by atoms with E-state index in [1.807, 2.05) is 23.1 Å². The number of benzene rings is 6. The Balaban J connectivity index is 0.000000156. The summed E-state index contributed by atoms with van der Waals surface area (Å²) in [7, 11) is 0. The zero-order valence-corrected chi connectivity index (χ0v) is 80.6. The molecule has 17 nitrogen and oxygen atoms in total. The van der Waals surface area contributed by atoms with E-state index in [4.69, 9.17) is 61.1 Å². The van der Waals surface area contributed by atoms with Gasteiger partial charge in [-0.2, -0.15) is 13.2 Å². The van der Waals surface area contributed by atoms with Crippen molar-refractivity contribution >= 4 is 99.4 Å². The molecule has 0 radical (unpaired) electrons. The van der Waals surface area contributed by atoms with E-state index >= 15 is 0 Å². The van der Waals surface area contributed by atoms with Crippen molar-refractivity contribution in [3.05, 3.63) is 165 Å². The number of alkyl halides is 3. The Morgan fingerprint density at radius 3 is 1.41 bits per heavy atom. The summed E-state index contributed by atoms with van der Waals surface area (Å²) >= 11 is 12.4. The van der Waals surface area contributed by atoms with Gasteiger partial charge >= 0.3 is 6.18 Å². The number of carbonyl (C=O) groups is 3. The first-order valence-electron chi connectivity index (χ1n) is 49.0. The van der Waals surface area contributed by atoms with Crippen molar-refractivity contribution in [2.75, 3.05) is 138 Å². The van der Waals surface area contributed by atoms with Gasteiger partial charge in [-0.3, -0.25) is 38.9 Å². The second-order valence-electron chi connectivity index (χ2n) is 37.7. The average molecular weight is 1890 g/mol. The zero-order valence-electron chi connectivity index (χ0n) is 76.7. The van der Waals surface area contributed by atoms with Crippen LogP contribution in [0.15, 0.2) is 127 Å². The second kappa shape index (κ2) is 54.3. The topological polar surface area (TPSA) is 144 Å². The van der Waals surface area contributed by atoms with Gasteiger partial charge in [0.2, 0.25) is 5.91 Å². The van der Waals surface area contributed by atoms with Crippen LogP contribution in [-0.2, 0) is 84.1 Å². The minimum absolute atomic E-state index is 0. The predicted molar refractivity (Wildman–Crippen MR) is 518 cm³/mol. The third kappa shape index (κ3) is 31.2. The van der Waals surface area contributed by atoms with Gasteiger partial charge in [-0.1, -0.05) is 229 Å². The number of ether oxygens (including phenoxy) is 8. The fourth-order valence-corrected chi connectivity index (χ4v) is 23.0. The van der Waals surface area contributed by atoms with Crippen LogP contribution < -0.4 is 0 Å². The van der Waals surface area contributed by atoms with E-state index in [-0.39, 0.29) is 61.1 Å². The second-order valence-corrected chi connectivity index (χ2v) is 38.5. The molecule has 129 heavy (non-hydrogen) atoms. The van der Waals surface area contributed by atoms with Crippen LogP contribution in [-0.4, -0.2) is 251 Å². The quantitative estimate of drug-likeness (QED) is 0.0474. The highest BCUT2D eigenvalue weighted by atomic mass is 35.5. The lowest BCUT2D eigenvalue weighted by Gasteiger charge is -2.43. The lowest BCUT2D eigenvalue weighted by molar-refractivity contribution is -0.150. The van der Waals surface area contributed by atoms with E-state index in [2.05, 4.69) is 109 Å². The Morgan fingerprint density at radius 1 is 0.426 bits per heavy atom. The van der Waals surface area contributed by atoms with Crippen molar-refractivity contribution in [3.8, 4) is 0 Å². The molecule has 6 heterocycles. The Hall–Kier alpha value is -4.63. The summed E-state index contributed by atoms with van der Waals surface area (Å²) < 4.78 is 88.0. The van der Waals surface area contributed by atoms with Crippen LogP contribution in [0.1, 0.15) is 227 Å². The van der Waals surface area contributed by atoms with Crippen molar-refractivity contribution in [2.45, 2.75) is 298 Å². The van der Waals surface area contributed by atoms with Crippen molar-refractivity contribution in [1.82, 2.24) is 29.4 Å². The van der Waals surface area contributed by atoms with Crippen LogP contribution in [0.4, 0.5) is 13.2 Å². The number of ketones is 2. The molecule has 12 aliphatic rings. The van der Waals surface area contributed by atoms with Crippen molar-refractivity contribution in [1.29, 1.82) is 0 Å². The fourth-order valence-electron chi connectivity index (χ4n) is 22.4. The molecule has 0 aromatic heterocycles. The maximum atomic E-state index is 13.1. The van der Waals surface area contributed by atoms with E-state index in [0.717, 1.165) is 200 Å². The lowest BCUT2D eigenvalue weighted by Crippen LogP contribution is -2.55. The molecule has 6 saturated heterocycles. The van der Waals surface area contributed by atoms with E-state index in [1.54, 1.807) is 19.1 Å². The molecule has 6 saturated carbocycles. The number of likely N-dealkylation sites (tertiary alicyclic amines) is 3. The highest BCUT2D eigenvalue weighted by molar-refractivity contribution is 6.36. The molecule has 0 N–H and O–H groups in total. The Labute approximate surface area is 796 Å². The fraction of sp³-hybridized carbons (Fsp3) is 0.663. The summed E-state index contributed by atoms with van der Waals surface area (Å²) in [4.78, 5) is 49.0. The van der Waals surface area contributed by atoms with E-state index in [0.29, 0.717) is 115 Å². The Kier molecular flexibility index (Phi) is 44.2. The third-order valence-electron chi connectivity index (χ3n) is 29.3. The van der Waals surface area contributed by atoms with Crippen LogP contribution in [0.3, 0.4) is 0 Å². The number of fused-ring (bicyclic) bond motifs is 2. The van der Waals surface area contributed by atoms with Crippen LogP contribution in [0.25, 0.3) is 21.5 Å². The number of carbonyl (C=O) groups excluding carboxylic acids is 3. The number of halogens is 8. The summed E-state index contributed by atoms with van der Waals surface area (Å²) in [6, 6.07) is 44.1. The number of morpholine rings is 1. The summed E-state index contributed by atoms with van der Waals surface area (Å²) in [5.41, 5.74) is 3.46. The van der Waals surface area contributed by atoms with Crippen LogP contribution in [0.5, 0.6) is 0 Å². The highest BCUT2D eigenvalue weighted by Crippen LogP contribution is 2.39. The van der Waals surface area contributed by atoms with Crippen molar-refractivity contribution in [3.63, 3.8) is 0 Å². The van der Waals surface area contributed by atoms with Gasteiger partial charge in [-0.05, 0) is 171 Å². The molecule has 6 aliphatic carbocycles. The Morgan fingerprint density at radius 2 is 0.868 bits per heavy atom. The average Bonchev–Trinajstić information content (AvgIpc) is 1.63. The number of amides is 1. The number of piperazine rings is 1. The van der Waals surface area contributed by atoms with Gasteiger partial charge in [-0.25, -0.2) is 0 Å². The first kappa shape index (κ1) is 105. The number of hydrogen-bond acceptors (Lipinski definition) is 16. The molecule has 18 rings (SSSR count). The number of hydrogen-bond donors (Lipinski definition) is 0. The van der Waals surface area contributed by atoms with E-state index < -0.39 is 11.7 Å². The monoisotopic (exact) mass is 1890 g/mol. The van der Waals surface area contributed by atoms with Gasteiger partial charge < -0.3 is 42.8 Å². The molecule has 10 atom stereocenters. The van der Waals surface area contributed by atoms with Gasteiger partial charge in [-0.15, -0.1) is 37.2 Å². The smallest absolute Gasteiger partial charge is 0.379 e. The van der Waals surface area contributed by atoms with Crippen LogP contribution >= 0.6 is 60.4 Å². The molecule has 0 bridgehead atoms. The first-order chi connectivity index (χ1) is 61.6. The van der Waals surface area contributed by atoms with Crippen LogP contribution in [0.2, 0.25) is 10.0 Å². The summed E-state index contributed by atoms with van der Waals surface area (Å²) in [5.74, 6) is 1.62. The Bertz CT molecular complexity index is 4280. The van der Waals surface area contributed by atoms with Gasteiger partial charge in [0.05, 0.1) is 109 Å². The largest absolute Gasteiger partial charge is 0.416 e. The van der Waals surface area contributed by atoms with E-state index in [9.17, 15) is 27.6 Å². The van der Waals surface area contributed by atoms with Crippen molar-refractivity contribution in [2.24, 2.45) is 5.92 Å². The van der Waals surface area contributed by atoms with Gasteiger partial charge in [0.15, 0.2) is 5.79 Å². The molecule has 1 spiro atoms. The molecule has 12 fully saturated rings. The standard InChI is InChI=1S/C24H32N2O2.C24H31NO3.C19H26F3NO2.C19H33NO2.C18H23Cl2NO2.3ClH/c1-19(27)25-13-15-26(16-14-25)23-8-4-5-9-24(23)28-17-12-20-10-11-21-6-2-3-7-22(21)18-20;1-2-9-21-19(6-1)7-5-8-20(21)12-15-26-23-11-4-3-10-22(23)25-14-13-24(18-25)27-16-17-28-24;20-19(21,22)16-6-2-1-5-15(16)9-12-25-18-8-4-3-7-17(18)23-10-13-24-14-11-23;21-17-12-13-20(15-17)18-10-4-5-11-19(18)22-14-6-9-16-7-2-1-3-8-16;19-15-4-3-5-16(20)14(15)9-11-23-18-7-2-1-6-17(18)21-10-8-13(22)12-21;;;/h2-3,6-7,10-11,18,23-24H,4-5,8-9,12-17H2,1H3;1-2,5-9,22-23H,3-4,10-18H2;1-2,5-6,17-18H,3-4,7-14H2;16,18-19H,1-15H2;3-5,17-18H,1-2,6-12H2;3*1H/t;;;18-,19?;;;;/m...1..../s1. The molecular formula is C104H148Cl5F3N6O11. The third-order valence-corrected chi connectivity index (χ3v) is 30.1. The molecule has 9 unspecified atom stereocenters. The first-order valence-corrected chi connectivity index (χ1v) is 49.8. The summed E-state index contributed by atoms with van der Waals surface area (Å²) in [6.45, 7) is 18.7. The maximum absolute atomic E-state index is 13.1. The molecule has 6 aromatic rings. The summed E-state index contributed by atoms with van der Waals surface area (Å²) in [6.07, 6.45) is 36.3. The predicted octanol–water partition coefficient (Wildman–Crippen LogP) is 21.3. The molecule has 1 amide bonds. The molecule has 25 heteroatoms. The molecule has 716 valence electrons. The lowest BCUT2D eigenvalue weighted by atomic mass is 9.86. The minimum Gasteiger partial charge on any atom is -0.379 e. The van der Waals surface area contributed by atoms with Crippen LogP contribution in [0, 0.1) is 5.92 Å². The minimum atomic E-state index is -4.31. The SMILES string of the molecule is CC(=O)N1CCN(C2CCCCC2OCCc2ccc3ccccc3c2)CC1.Cl.Cl.Cl.FC(F)(F)c1ccccc1CCOC1CCCCC1N1CCOCC1.O=C1CCN(C2CCCCC2OCCc2c(Cl)cccc2Cl)C1.O=C1CCN([C@@H]2CCCCC2OCCCC2CCCCC2)C1.c1ccc2c(CCOC3CCCCC3N3CCC4(C3)OCCO4)cccc2c1. The van der Waals surface area contributed by atoms with Gasteiger partial charge in [0.1, 0.15) is 11.6 Å². The number of Topliss-reactive ketones (excluding diaryl/α,β-unsaturated/α-hetero) is 2.